The number of hydrogen-bond acceptors (Lipinski definition) is 7. The van der Waals surface area contributed by atoms with E-state index in [0.29, 0.717) is 16.8 Å². The number of benzene rings is 2. The van der Waals surface area contributed by atoms with E-state index in [0.717, 1.165) is 16.2 Å². The molecule has 0 spiro atoms. The van der Waals surface area contributed by atoms with Gasteiger partial charge in [-0.25, -0.2) is 17.7 Å². The minimum atomic E-state index is -3.61. The maximum Gasteiger partial charge on any atom is 0.262 e. The smallest absolute Gasteiger partial charge is 0.262 e. The predicted molar refractivity (Wildman–Crippen MR) is 116 cm³/mol. The number of carbonyl (C=O) groups is 3. The minimum Gasteiger partial charge on any atom is -0.300 e. The number of fused-ring (bicyclic) bond motifs is 2. The molecular formula is C20H18N4O5S2. The van der Waals surface area contributed by atoms with Crippen LogP contribution in [0.15, 0.2) is 47.4 Å². The van der Waals surface area contributed by atoms with Gasteiger partial charge in [0.2, 0.25) is 15.9 Å². The first-order valence-corrected chi connectivity index (χ1v) is 11.6. The lowest BCUT2D eigenvalue weighted by Crippen LogP contribution is -2.37. The molecule has 0 unspecified atom stereocenters. The number of thiazole rings is 1. The summed E-state index contributed by atoms with van der Waals surface area (Å²) in [5.74, 6) is -1.61. The Morgan fingerprint density at radius 1 is 1.13 bits per heavy atom. The fourth-order valence-corrected chi connectivity index (χ4v) is 5.36. The lowest BCUT2D eigenvalue weighted by Gasteiger charge is -2.14. The van der Waals surface area contributed by atoms with Gasteiger partial charge in [0, 0.05) is 13.6 Å². The zero-order valence-electron chi connectivity index (χ0n) is 16.7. The van der Waals surface area contributed by atoms with Gasteiger partial charge in [-0.3, -0.25) is 19.3 Å². The number of anilines is 1. The molecule has 160 valence electrons. The highest BCUT2D eigenvalue weighted by Gasteiger charge is 2.36. The number of nitrogens with one attached hydrogen (secondary N) is 1. The van der Waals surface area contributed by atoms with Crippen molar-refractivity contribution in [2.45, 2.75) is 11.8 Å². The van der Waals surface area contributed by atoms with Gasteiger partial charge in [-0.05, 0) is 30.3 Å². The number of carbonyl (C=O) groups excluding carboxylic acids is 3. The van der Waals surface area contributed by atoms with Crippen LogP contribution in [0.4, 0.5) is 5.13 Å². The first-order chi connectivity index (χ1) is 14.7. The highest BCUT2D eigenvalue weighted by Crippen LogP contribution is 2.29. The molecule has 9 nitrogen and oxygen atoms in total. The van der Waals surface area contributed by atoms with Gasteiger partial charge in [-0.2, -0.15) is 0 Å². The number of aromatic nitrogens is 1. The fraction of sp³-hybridized carbons (Fsp3) is 0.200. The van der Waals surface area contributed by atoms with Gasteiger partial charge in [0.05, 0.1) is 26.2 Å². The van der Waals surface area contributed by atoms with Gasteiger partial charge in [-0.15, -0.1) is 0 Å². The van der Waals surface area contributed by atoms with Crippen LogP contribution >= 0.6 is 11.3 Å². The van der Waals surface area contributed by atoms with Crippen LogP contribution in [0.25, 0.3) is 10.2 Å². The highest BCUT2D eigenvalue weighted by atomic mass is 32.2. The molecule has 4 rings (SSSR count). The molecule has 31 heavy (non-hydrogen) atoms. The van der Waals surface area contributed by atoms with Crippen molar-refractivity contribution in [3.8, 4) is 0 Å². The maximum absolute atomic E-state index is 12.5. The number of nitrogens with zero attached hydrogens (tertiary/aromatic N) is 3. The van der Waals surface area contributed by atoms with Crippen molar-refractivity contribution in [1.82, 2.24) is 14.2 Å². The molecule has 2 heterocycles. The van der Waals surface area contributed by atoms with Crippen molar-refractivity contribution in [3.05, 3.63) is 53.6 Å². The Hall–Kier alpha value is -3.15. The Morgan fingerprint density at radius 2 is 1.77 bits per heavy atom. The first-order valence-electron chi connectivity index (χ1n) is 9.34. The van der Waals surface area contributed by atoms with Crippen LogP contribution in [0.3, 0.4) is 0 Å². The average Bonchev–Trinajstić information content (AvgIpc) is 3.26. The van der Waals surface area contributed by atoms with Crippen LogP contribution in [0.1, 0.15) is 27.6 Å². The standard InChI is InChI=1S/C20H18N4O5S2/c1-3-23(2)31(28,29)12-8-9-15-16(10-12)30-20(21-15)22-17(25)11-24-18(26)13-6-4-5-7-14(13)19(24)27/h4-10H,3,11H2,1-2H3,(H,21,22,25). The van der Waals surface area contributed by atoms with Crippen LogP contribution in [0.2, 0.25) is 0 Å². The van der Waals surface area contributed by atoms with Crippen molar-refractivity contribution in [3.63, 3.8) is 0 Å². The van der Waals surface area contributed by atoms with Crippen LogP contribution in [0, 0.1) is 0 Å². The molecule has 0 aliphatic carbocycles. The number of amides is 3. The zero-order chi connectivity index (χ0) is 22.3. The summed E-state index contributed by atoms with van der Waals surface area (Å²) < 4.78 is 26.8. The van der Waals surface area contributed by atoms with Crippen LogP contribution < -0.4 is 5.32 Å². The number of imide groups is 1. The molecule has 2 aromatic carbocycles. The molecular weight excluding hydrogens is 440 g/mol. The summed E-state index contributed by atoms with van der Waals surface area (Å²) in [4.78, 5) is 42.6. The average molecular weight is 459 g/mol. The Morgan fingerprint density at radius 3 is 2.39 bits per heavy atom. The summed E-state index contributed by atoms with van der Waals surface area (Å²) in [6, 6.07) is 10.9. The summed E-state index contributed by atoms with van der Waals surface area (Å²) in [6.45, 7) is 1.64. The minimum absolute atomic E-state index is 0.136. The van der Waals surface area contributed by atoms with E-state index >= 15 is 0 Å². The molecule has 1 aliphatic rings. The second kappa shape index (κ2) is 7.84. The molecule has 3 amide bonds. The molecule has 1 aliphatic heterocycles. The Labute approximate surface area is 182 Å². The second-order valence-electron chi connectivity index (χ2n) is 6.86. The summed E-state index contributed by atoms with van der Waals surface area (Å²) in [6.07, 6.45) is 0. The van der Waals surface area contributed by atoms with E-state index in [4.69, 9.17) is 0 Å². The largest absolute Gasteiger partial charge is 0.300 e. The quantitative estimate of drug-likeness (QED) is 0.566. The van der Waals surface area contributed by atoms with E-state index in [-0.39, 0.29) is 21.2 Å². The summed E-state index contributed by atoms with van der Waals surface area (Å²) in [7, 11) is -2.11. The fourth-order valence-electron chi connectivity index (χ4n) is 3.15. The molecule has 0 saturated heterocycles. The van der Waals surface area contributed by atoms with E-state index in [2.05, 4.69) is 10.3 Å². The van der Waals surface area contributed by atoms with E-state index < -0.39 is 34.3 Å². The van der Waals surface area contributed by atoms with Gasteiger partial charge >= 0.3 is 0 Å². The molecule has 11 heteroatoms. The first kappa shape index (κ1) is 21.1. The third-order valence-corrected chi connectivity index (χ3v) is 7.80. The van der Waals surface area contributed by atoms with Crippen molar-refractivity contribution in [2.75, 3.05) is 25.5 Å². The van der Waals surface area contributed by atoms with Crippen LogP contribution in [0.5, 0.6) is 0 Å². The van der Waals surface area contributed by atoms with Crippen LogP contribution in [-0.4, -0.2) is 60.5 Å². The van der Waals surface area contributed by atoms with Gasteiger partial charge in [0.15, 0.2) is 5.13 Å². The Balaban J connectivity index is 1.51. The maximum atomic E-state index is 12.5. The van der Waals surface area contributed by atoms with E-state index in [1.807, 2.05) is 0 Å². The van der Waals surface area contributed by atoms with Gasteiger partial charge in [0.1, 0.15) is 6.54 Å². The number of hydrogen-bond donors (Lipinski definition) is 1. The van der Waals surface area contributed by atoms with Crippen molar-refractivity contribution < 1.29 is 22.8 Å². The highest BCUT2D eigenvalue weighted by molar-refractivity contribution is 7.89. The lowest BCUT2D eigenvalue weighted by atomic mass is 10.1. The van der Waals surface area contributed by atoms with Crippen molar-refractivity contribution in [1.29, 1.82) is 0 Å². The SMILES string of the molecule is CCN(C)S(=O)(=O)c1ccc2nc(NC(=O)CN3C(=O)c4ccccc4C3=O)sc2c1. The van der Waals surface area contributed by atoms with E-state index in [1.54, 1.807) is 37.3 Å². The summed E-state index contributed by atoms with van der Waals surface area (Å²) >= 11 is 1.11. The zero-order valence-corrected chi connectivity index (χ0v) is 18.3. The third kappa shape index (κ3) is 3.71. The molecule has 3 aromatic rings. The summed E-state index contributed by atoms with van der Waals surface area (Å²) in [5.41, 5.74) is 1.07. The van der Waals surface area contributed by atoms with Crippen molar-refractivity contribution >= 4 is 54.4 Å². The Kier molecular flexibility index (Phi) is 5.33. The number of sulfonamides is 1. The van der Waals surface area contributed by atoms with Crippen molar-refractivity contribution in [2.24, 2.45) is 0 Å². The van der Waals surface area contributed by atoms with Gasteiger partial charge < -0.3 is 5.32 Å². The summed E-state index contributed by atoms with van der Waals surface area (Å²) in [5, 5.41) is 2.83. The molecule has 1 aromatic heterocycles. The molecule has 1 N–H and O–H groups in total. The Bertz CT molecular complexity index is 1300. The van der Waals surface area contributed by atoms with E-state index in [9.17, 15) is 22.8 Å². The second-order valence-corrected chi connectivity index (χ2v) is 9.93. The molecule has 0 saturated carbocycles. The normalized spacial score (nSPS) is 13.8. The molecule has 0 bridgehead atoms. The topological polar surface area (TPSA) is 117 Å². The molecule has 0 fully saturated rings. The van der Waals surface area contributed by atoms with Gasteiger partial charge in [-0.1, -0.05) is 30.4 Å². The molecule has 0 atom stereocenters. The third-order valence-electron chi connectivity index (χ3n) is 4.94. The van der Waals surface area contributed by atoms with Crippen LogP contribution in [-0.2, 0) is 14.8 Å². The van der Waals surface area contributed by atoms with E-state index in [1.165, 1.54) is 23.5 Å². The monoisotopic (exact) mass is 458 g/mol. The molecule has 0 radical (unpaired) electrons. The lowest BCUT2D eigenvalue weighted by molar-refractivity contribution is -0.116. The van der Waals surface area contributed by atoms with Gasteiger partial charge in [0.25, 0.3) is 11.8 Å². The predicted octanol–water partition coefficient (Wildman–Crippen LogP) is 2.17. The number of rotatable bonds is 6.